The summed E-state index contributed by atoms with van der Waals surface area (Å²) in [5.74, 6) is 0. The van der Waals surface area contributed by atoms with Crippen LogP contribution in [0.4, 0.5) is 0 Å². The Balaban J connectivity index is 2.69. The summed E-state index contributed by atoms with van der Waals surface area (Å²) in [5, 5.41) is 11.5. The van der Waals surface area contributed by atoms with E-state index < -0.39 is 0 Å². The maximum Gasteiger partial charge on any atom is 0.259 e. The molecular formula is C9H10BrNO. The molecule has 2 nitrogen and oxygen atoms in total. The van der Waals surface area contributed by atoms with Crippen molar-refractivity contribution in [2.24, 2.45) is 0 Å². The largest absolute Gasteiger partial charge is 0.618 e. The molecule has 0 bridgehead atoms. The molecule has 64 valence electrons. The average molecular weight is 228 g/mol. The van der Waals surface area contributed by atoms with Gasteiger partial charge in [-0.1, -0.05) is 0 Å². The summed E-state index contributed by atoms with van der Waals surface area (Å²) < 4.78 is 1.65. The standard InChI is InChI=1S/C9H10BrNO/c1-6-5-9(10)11(12)8-4-2-3-7(6)8/h5H,2-4H2,1H3. The number of nitrogens with zero attached hydrogens (tertiary/aromatic N) is 1. The molecule has 0 atom stereocenters. The van der Waals surface area contributed by atoms with Gasteiger partial charge >= 0.3 is 0 Å². The molecule has 3 heteroatoms. The number of halogens is 1. The number of pyridine rings is 1. The average Bonchev–Trinajstić information content (AvgIpc) is 2.48. The van der Waals surface area contributed by atoms with Crippen molar-refractivity contribution in [3.8, 4) is 0 Å². The Hall–Kier alpha value is -0.570. The molecule has 12 heavy (non-hydrogen) atoms. The molecule has 0 spiro atoms. The first-order valence-electron chi connectivity index (χ1n) is 4.10. The first-order valence-corrected chi connectivity index (χ1v) is 4.90. The third-order valence-corrected chi connectivity index (χ3v) is 2.99. The highest BCUT2D eigenvalue weighted by Gasteiger charge is 2.23. The normalized spacial score (nSPS) is 14.8. The van der Waals surface area contributed by atoms with Crippen molar-refractivity contribution in [2.75, 3.05) is 0 Å². The predicted molar refractivity (Wildman–Crippen MR) is 49.9 cm³/mol. The fourth-order valence-corrected chi connectivity index (χ4v) is 2.39. The summed E-state index contributed by atoms with van der Waals surface area (Å²) in [6.45, 7) is 2.06. The molecule has 0 aliphatic heterocycles. The van der Waals surface area contributed by atoms with Crippen LogP contribution in [0, 0.1) is 12.1 Å². The van der Waals surface area contributed by atoms with E-state index in [2.05, 4.69) is 22.9 Å². The molecule has 0 N–H and O–H groups in total. The molecule has 1 aliphatic carbocycles. The molecule has 0 amide bonds. The number of hydrogen-bond donors (Lipinski definition) is 0. The Labute approximate surface area is 79.9 Å². The van der Waals surface area contributed by atoms with Crippen molar-refractivity contribution >= 4 is 15.9 Å². The van der Waals surface area contributed by atoms with Crippen LogP contribution in [-0.2, 0) is 12.8 Å². The lowest BCUT2D eigenvalue weighted by atomic mass is 10.1. The lowest BCUT2D eigenvalue weighted by Gasteiger charge is -2.06. The molecule has 1 aromatic heterocycles. The molecule has 1 aliphatic rings. The molecule has 0 saturated heterocycles. The Morgan fingerprint density at radius 1 is 1.50 bits per heavy atom. The second-order valence-electron chi connectivity index (χ2n) is 3.22. The van der Waals surface area contributed by atoms with E-state index in [1.54, 1.807) is 0 Å². The minimum Gasteiger partial charge on any atom is -0.618 e. The van der Waals surface area contributed by atoms with Gasteiger partial charge in [-0.05, 0) is 25.3 Å². The minimum atomic E-state index is 0.639. The van der Waals surface area contributed by atoms with Gasteiger partial charge in [0.15, 0.2) is 5.69 Å². The number of aryl methyl sites for hydroxylation is 1. The number of aromatic nitrogens is 1. The fourth-order valence-electron chi connectivity index (χ4n) is 1.83. The van der Waals surface area contributed by atoms with Gasteiger partial charge in [0.2, 0.25) is 0 Å². The maximum absolute atomic E-state index is 11.5. The summed E-state index contributed by atoms with van der Waals surface area (Å²) in [6, 6.07) is 1.90. The highest BCUT2D eigenvalue weighted by Crippen LogP contribution is 2.24. The van der Waals surface area contributed by atoms with E-state index in [9.17, 15) is 5.21 Å². The van der Waals surface area contributed by atoms with Gasteiger partial charge in [-0.25, -0.2) is 0 Å². The van der Waals surface area contributed by atoms with Crippen molar-refractivity contribution in [3.63, 3.8) is 0 Å². The van der Waals surface area contributed by atoms with Crippen LogP contribution in [0.5, 0.6) is 0 Å². The van der Waals surface area contributed by atoms with E-state index in [1.807, 2.05) is 6.07 Å². The Kier molecular flexibility index (Phi) is 1.83. The van der Waals surface area contributed by atoms with Crippen LogP contribution in [0.1, 0.15) is 23.2 Å². The second kappa shape index (κ2) is 2.73. The van der Waals surface area contributed by atoms with Gasteiger partial charge in [0.25, 0.3) is 4.60 Å². The molecule has 2 rings (SSSR count). The zero-order valence-electron chi connectivity index (χ0n) is 6.93. The van der Waals surface area contributed by atoms with Crippen LogP contribution in [-0.4, -0.2) is 0 Å². The van der Waals surface area contributed by atoms with Crippen LogP contribution in [0.2, 0.25) is 0 Å². The maximum atomic E-state index is 11.5. The summed E-state index contributed by atoms with van der Waals surface area (Å²) in [6.07, 6.45) is 3.12. The van der Waals surface area contributed by atoms with E-state index in [1.165, 1.54) is 11.1 Å². The van der Waals surface area contributed by atoms with Crippen LogP contribution >= 0.6 is 15.9 Å². The second-order valence-corrected chi connectivity index (χ2v) is 4.04. The van der Waals surface area contributed by atoms with E-state index in [4.69, 9.17) is 0 Å². The third-order valence-electron chi connectivity index (χ3n) is 2.44. The van der Waals surface area contributed by atoms with Crippen molar-refractivity contribution in [3.05, 3.63) is 32.7 Å². The van der Waals surface area contributed by atoms with Gasteiger partial charge in [0.05, 0.1) is 0 Å². The third kappa shape index (κ3) is 1.04. The van der Waals surface area contributed by atoms with E-state index in [0.29, 0.717) is 4.60 Å². The van der Waals surface area contributed by atoms with E-state index >= 15 is 0 Å². The smallest absolute Gasteiger partial charge is 0.259 e. The van der Waals surface area contributed by atoms with E-state index in [-0.39, 0.29) is 0 Å². The number of hydrogen-bond acceptors (Lipinski definition) is 1. The number of fused-ring (bicyclic) bond motifs is 1. The molecular weight excluding hydrogens is 218 g/mol. The molecule has 0 unspecified atom stereocenters. The van der Waals surface area contributed by atoms with Crippen molar-refractivity contribution < 1.29 is 4.73 Å². The highest BCUT2D eigenvalue weighted by molar-refractivity contribution is 9.10. The monoisotopic (exact) mass is 227 g/mol. The quantitative estimate of drug-likeness (QED) is 0.378. The lowest BCUT2D eigenvalue weighted by Crippen LogP contribution is -2.33. The summed E-state index contributed by atoms with van der Waals surface area (Å²) >= 11 is 3.25. The molecule has 0 aromatic carbocycles. The molecule has 0 fully saturated rings. The zero-order valence-corrected chi connectivity index (χ0v) is 8.52. The van der Waals surface area contributed by atoms with Crippen molar-refractivity contribution in [1.29, 1.82) is 0 Å². The summed E-state index contributed by atoms with van der Waals surface area (Å²) in [7, 11) is 0. The van der Waals surface area contributed by atoms with Gasteiger partial charge in [0, 0.05) is 34.0 Å². The minimum absolute atomic E-state index is 0.639. The zero-order chi connectivity index (χ0) is 8.72. The first-order chi connectivity index (χ1) is 5.70. The summed E-state index contributed by atoms with van der Waals surface area (Å²) in [4.78, 5) is 0. The molecule has 0 radical (unpaired) electrons. The molecule has 1 heterocycles. The van der Waals surface area contributed by atoms with Gasteiger partial charge in [-0.3, -0.25) is 0 Å². The highest BCUT2D eigenvalue weighted by atomic mass is 79.9. The molecule has 1 aromatic rings. The van der Waals surface area contributed by atoms with E-state index in [0.717, 1.165) is 29.7 Å². The van der Waals surface area contributed by atoms with Crippen LogP contribution < -0.4 is 4.73 Å². The van der Waals surface area contributed by atoms with Gasteiger partial charge in [-0.2, -0.15) is 4.73 Å². The van der Waals surface area contributed by atoms with Gasteiger partial charge in [0.1, 0.15) is 0 Å². The van der Waals surface area contributed by atoms with Crippen molar-refractivity contribution in [1.82, 2.24) is 0 Å². The Morgan fingerprint density at radius 3 is 3.00 bits per heavy atom. The fraction of sp³-hybridized carbons (Fsp3) is 0.444. The Morgan fingerprint density at radius 2 is 2.25 bits per heavy atom. The summed E-state index contributed by atoms with van der Waals surface area (Å²) in [5.41, 5.74) is 3.46. The predicted octanol–water partition coefficient (Wildman–Crippen LogP) is 1.88. The SMILES string of the molecule is Cc1cc(Br)[n+]([O-])c2c1CCC2. The van der Waals surface area contributed by atoms with Crippen molar-refractivity contribution in [2.45, 2.75) is 26.2 Å². The van der Waals surface area contributed by atoms with Gasteiger partial charge in [-0.15, -0.1) is 0 Å². The van der Waals surface area contributed by atoms with Crippen LogP contribution in [0.15, 0.2) is 10.7 Å². The first kappa shape index (κ1) is 8.05. The van der Waals surface area contributed by atoms with Crippen LogP contribution in [0.3, 0.4) is 0 Å². The lowest BCUT2D eigenvalue weighted by molar-refractivity contribution is -0.625. The number of rotatable bonds is 0. The molecule has 0 saturated carbocycles. The van der Waals surface area contributed by atoms with Crippen LogP contribution in [0.25, 0.3) is 0 Å². The van der Waals surface area contributed by atoms with Gasteiger partial charge < -0.3 is 5.21 Å². The topological polar surface area (TPSA) is 26.9 Å². The Bertz CT molecular complexity index is 336.